The topological polar surface area (TPSA) is 111 Å². The molecule has 1 aromatic carbocycles. The van der Waals surface area contributed by atoms with Gasteiger partial charge in [-0.3, -0.25) is 14.8 Å². The molecule has 7 nitrogen and oxygen atoms in total. The van der Waals surface area contributed by atoms with Gasteiger partial charge in [0.25, 0.3) is 0 Å². The minimum absolute atomic E-state index is 0.137. The zero-order valence-electron chi connectivity index (χ0n) is 19.2. The number of hydrogen-bond donors (Lipinski definition) is 2. The third-order valence-corrected chi connectivity index (χ3v) is 5.84. The summed E-state index contributed by atoms with van der Waals surface area (Å²) in [6.07, 6.45) is 4.72. The number of benzene rings is 1. The van der Waals surface area contributed by atoms with Gasteiger partial charge in [-0.1, -0.05) is 12.1 Å². The molecule has 0 saturated heterocycles. The van der Waals surface area contributed by atoms with Crippen LogP contribution >= 0.6 is 0 Å². The Morgan fingerprint density at radius 1 is 1.06 bits per heavy atom. The molecule has 9 heteroatoms. The van der Waals surface area contributed by atoms with Crippen LogP contribution in [0.25, 0.3) is 27.7 Å². The maximum absolute atomic E-state index is 15.0. The number of nitrogens with two attached hydrogens (primary N) is 1. The molecule has 0 aliphatic rings. The second-order valence-electron chi connectivity index (χ2n) is 8.18. The van der Waals surface area contributed by atoms with E-state index in [1.165, 1.54) is 19.2 Å². The van der Waals surface area contributed by atoms with Gasteiger partial charge in [0.05, 0.1) is 28.3 Å². The maximum Gasteiger partial charge on any atom is 0.338 e. The molecular formula is C26H22F2N4O3. The fourth-order valence-electron chi connectivity index (χ4n) is 4.18. The Labute approximate surface area is 199 Å². The summed E-state index contributed by atoms with van der Waals surface area (Å²) in [6, 6.07) is 9.07. The Kier molecular flexibility index (Phi) is 6.17. The monoisotopic (exact) mass is 476 g/mol. The molecule has 0 aliphatic carbocycles. The third kappa shape index (κ3) is 4.16. The number of carbonyl (C=O) groups excluding carboxylic acids is 1. The van der Waals surface area contributed by atoms with Crippen LogP contribution in [-0.2, 0) is 4.79 Å². The number of halogens is 2. The molecule has 3 N–H and O–H groups in total. The summed E-state index contributed by atoms with van der Waals surface area (Å²) in [5, 5.41) is 9.13. The molecule has 35 heavy (non-hydrogen) atoms. The van der Waals surface area contributed by atoms with Crippen molar-refractivity contribution in [1.29, 1.82) is 0 Å². The van der Waals surface area contributed by atoms with Crippen molar-refractivity contribution in [3.8, 4) is 11.1 Å². The van der Waals surface area contributed by atoms with E-state index in [9.17, 15) is 14.0 Å². The first-order valence-corrected chi connectivity index (χ1v) is 10.7. The van der Waals surface area contributed by atoms with Gasteiger partial charge in [0.2, 0.25) is 0 Å². The van der Waals surface area contributed by atoms with Gasteiger partial charge in [-0.25, -0.2) is 13.6 Å². The van der Waals surface area contributed by atoms with Crippen molar-refractivity contribution < 1.29 is 23.5 Å². The highest BCUT2D eigenvalue weighted by Crippen LogP contribution is 2.36. The summed E-state index contributed by atoms with van der Waals surface area (Å²) in [6.45, 7) is 4.90. The number of ketones is 1. The molecule has 0 aliphatic heterocycles. The van der Waals surface area contributed by atoms with Crippen LogP contribution in [0.3, 0.4) is 0 Å². The van der Waals surface area contributed by atoms with E-state index in [-0.39, 0.29) is 23.0 Å². The van der Waals surface area contributed by atoms with Crippen LogP contribution in [0.1, 0.15) is 48.4 Å². The summed E-state index contributed by atoms with van der Waals surface area (Å²) in [5.41, 5.74) is 8.03. The Morgan fingerprint density at radius 2 is 1.80 bits per heavy atom. The number of pyridine rings is 2. The zero-order chi connectivity index (χ0) is 25.4. The van der Waals surface area contributed by atoms with E-state index < -0.39 is 23.2 Å². The summed E-state index contributed by atoms with van der Waals surface area (Å²) in [5.74, 6) is -4.55. The fraction of sp³-hybridized carbons (Fsp3) is 0.154. The first-order chi connectivity index (χ1) is 16.6. The molecule has 3 heterocycles. The summed E-state index contributed by atoms with van der Waals surface area (Å²) >= 11 is 0. The van der Waals surface area contributed by atoms with E-state index >= 15 is 4.39 Å². The largest absolute Gasteiger partial charge is 0.478 e. The average Bonchev–Trinajstić information content (AvgIpc) is 3.19. The van der Waals surface area contributed by atoms with Gasteiger partial charge < -0.3 is 15.4 Å². The van der Waals surface area contributed by atoms with E-state index in [0.717, 1.165) is 6.07 Å². The highest BCUT2D eigenvalue weighted by atomic mass is 19.2. The number of allylic oxidation sites excluding steroid dienone is 2. The molecule has 1 atom stereocenters. The van der Waals surface area contributed by atoms with Gasteiger partial charge >= 0.3 is 5.97 Å². The highest BCUT2D eigenvalue weighted by Gasteiger charge is 2.24. The van der Waals surface area contributed by atoms with Crippen LogP contribution in [0.15, 0.2) is 60.7 Å². The van der Waals surface area contributed by atoms with Crippen LogP contribution in [0.4, 0.5) is 8.78 Å². The van der Waals surface area contributed by atoms with Crippen LogP contribution in [0.2, 0.25) is 0 Å². The van der Waals surface area contributed by atoms with Crippen LogP contribution in [0, 0.1) is 11.6 Å². The summed E-state index contributed by atoms with van der Waals surface area (Å²) in [7, 11) is 0. The van der Waals surface area contributed by atoms with E-state index in [1.54, 1.807) is 36.0 Å². The first kappa shape index (κ1) is 23.7. The quantitative estimate of drug-likeness (QED) is 0.381. The summed E-state index contributed by atoms with van der Waals surface area (Å²) in [4.78, 5) is 32.3. The number of carbonyl (C=O) groups is 2. The Hall–Kier alpha value is -4.40. The lowest BCUT2D eigenvalue weighted by atomic mass is 10.0. The normalized spacial score (nSPS) is 12.9. The first-order valence-electron chi connectivity index (χ1n) is 10.7. The smallest absolute Gasteiger partial charge is 0.338 e. The molecule has 0 fully saturated rings. The molecule has 0 bridgehead atoms. The SMILES string of the molecule is CC(=O)/C(=C(/C)N)c1cnc2c(-c3ccc(C(=O)O)c(F)c3F)cn([C@@H](C)c3ccccn3)c2c1. The molecule has 0 spiro atoms. The predicted molar refractivity (Wildman–Crippen MR) is 128 cm³/mol. The predicted octanol–water partition coefficient (Wildman–Crippen LogP) is 4.96. The number of fused-ring (bicyclic) bond motifs is 1. The lowest BCUT2D eigenvalue weighted by molar-refractivity contribution is -0.111. The van der Waals surface area contributed by atoms with Crippen molar-refractivity contribution in [3.63, 3.8) is 0 Å². The van der Waals surface area contributed by atoms with Crippen molar-refractivity contribution in [3.05, 3.63) is 89.1 Å². The van der Waals surface area contributed by atoms with Gasteiger partial charge in [0.1, 0.15) is 0 Å². The van der Waals surface area contributed by atoms with Gasteiger partial charge in [-0.2, -0.15) is 0 Å². The lowest BCUT2D eigenvalue weighted by Gasteiger charge is -2.15. The number of Topliss-reactive ketones (excluding diaryl/α,β-unsaturated/α-hetero) is 1. The molecular weight excluding hydrogens is 454 g/mol. The molecule has 0 saturated carbocycles. The molecule has 4 aromatic rings. The molecule has 0 amide bonds. The number of hydrogen-bond acceptors (Lipinski definition) is 5. The van der Waals surface area contributed by atoms with Crippen LogP contribution < -0.4 is 5.73 Å². The van der Waals surface area contributed by atoms with Gasteiger partial charge in [0.15, 0.2) is 17.4 Å². The number of carboxylic acid groups (broad SMARTS) is 1. The minimum atomic E-state index is -1.57. The van der Waals surface area contributed by atoms with Crippen LogP contribution in [0.5, 0.6) is 0 Å². The molecule has 0 unspecified atom stereocenters. The maximum atomic E-state index is 15.0. The van der Waals surface area contributed by atoms with Gasteiger partial charge in [-0.05, 0) is 45.0 Å². The Bertz CT molecular complexity index is 1510. The number of rotatable bonds is 6. The number of nitrogens with zero attached hydrogens (tertiary/aromatic N) is 3. The summed E-state index contributed by atoms with van der Waals surface area (Å²) < 4.78 is 31.4. The van der Waals surface area contributed by atoms with E-state index in [0.29, 0.717) is 33.6 Å². The standard InChI is InChI=1S/C26H22F2N4O3/c1-13(29)22(15(3)33)16-10-21-25(31-11-16)19(12-32(21)14(2)20-6-4-5-9-30-20)17-7-8-18(26(34)35)24(28)23(17)27/h4-12,14H,29H2,1-3H3,(H,34,35)/b22-13+/t14-/m0/s1. The van der Waals surface area contributed by atoms with Crippen LogP contribution in [-0.4, -0.2) is 31.4 Å². The second-order valence-corrected chi connectivity index (χ2v) is 8.18. The van der Waals surface area contributed by atoms with Crippen molar-refractivity contribution >= 4 is 28.4 Å². The molecule has 3 aromatic heterocycles. The van der Waals surface area contributed by atoms with Crippen molar-refractivity contribution in [2.75, 3.05) is 0 Å². The second kappa shape index (κ2) is 9.09. The number of aromatic carboxylic acids is 1. The van der Waals surface area contributed by atoms with Crippen molar-refractivity contribution in [2.45, 2.75) is 26.8 Å². The van der Waals surface area contributed by atoms with Crippen molar-refractivity contribution in [2.24, 2.45) is 5.73 Å². The molecule has 0 radical (unpaired) electrons. The Balaban J connectivity index is 2.02. The zero-order valence-corrected chi connectivity index (χ0v) is 19.2. The van der Waals surface area contributed by atoms with Gasteiger partial charge in [0, 0.05) is 46.6 Å². The third-order valence-electron chi connectivity index (χ3n) is 5.84. The molecule has 178 valence electrons. The van der Waals surface area contributed by atoms with Crippen molar-refractivity contribution in [1.82, 2.24) is 14.5 Å². The van der Waals surface area contributed by atoms with E-state index in [2.05, 4.69) is 9.97 Å². The molecule has 4 rings (SSSR count). The highest BCUT2D eigenvalue weighted by molar-refractivity contribution is 6.20. The van der Waals surface area contributed by atoms with E-state index in [1.807, 2.05) is 19.1 Å². The van der Waals surface area contributed by atoms with Gasteiger partial charge in [-0.15, -0.1) is 0 Å². The number of aromatic nitrogens is 3. The fourth-order valence-corrected chi connectivity index (χ4v) is 4.18. The lowest BCUT2D eigenvalue weighted by Crippen LogP contribution is -2.08. The number of carboxylic acids is 1. The van der Waals surface area contributed by atoms with E-state index in [4.69, 9.17) is 10.8 Å². The average molecular weight is 476 g/mol. The Morgan fingerprint density at radius 3 is 2.40 bits per heavy atom. The minimum Gasteiger partial charge on any atom is -0.478 e.